The summed E-state index contributed by atoms with van der Waals surface area (Å²) >= 11 is 0. The van der Waals surface area contributed by atoms with Gasteiger partial charge in [0.15, 0.2) is 5.78 Å². The minimum Gasteiger partial charge on any atom is -0.481 e. The van der Waals surface area contributed by atoms with E-state index < -0.39 is 12.4 Å². The molecule has 21 heavy (non-hydrogen) atoms. The third-order valence-electron chi connectivity index (χ3n) is 3.33. The predicted octanol–water partition coefficient (Wildman–Crippen LogP) is 5.06. The third-order valence-corrected chi connectivity index (χ3v) is 3.33. The fraction of sp³-hybridized carbons (Fsp3) is 0.667. The Morgan fingerprint density at radius 3 is 2.00 bits per heavy atom. The highest BCUT2D eigenvalue weighted by atomic mass is 16.4. The predicted molar refractivity (Wildman–Crippen MR) is 87.4 cm³/mol. The zero-order valence-electron chi connectivity index (χ0n) is 13.4. The first-order chi connectivity index (χ1) is 10.2. The van der Waals surface area contributed by atoms with Gasteiger partial charge in [0.05, 0.1) is 0 Å². The number of carboxylic acid groups (broad SMARTS) is 1. The van der Waals surface area contributed by atoms with E-state index in [1.807, 2.05) is 12.2 Å². The van der Waals surface area contributed by atoms with Crippen LogP contribution in [-0.2, 0) is 9.59 Å². The minimum absolute atomic E-state index is 0.366. The second-order valence-electron chi connectivity index (χ2n) is 5.44. The summed E-state index contributed by atoms with van der Waals surface area (Å²) in [5.74, 6) is -1.45. The van der Waals surface area contributed by atoms with Crippen molar-refractivity contribution < 1.29 is 14.7 Å². The van der Waals surface area contributed by atoms with E-state index in [9.17, 15) is 9.59 Å². The van der Waals surface area contributed by atoms with Gasteiger partial charge >= 0.3 is 5.97 Å². The summed E-state index contributed by atoms with van der Waals surface area (Å²) in [6.45, 7) is 2.24. The summed E-state index contributed by atoms with van der Waals surface area (Å²) in [6, 6.07) is 0. The number of hydrogen-bond acceptors (Lipinski definition) is 2. The highest BCUT2D eigenvalue weighted by Crippen LogP contribution is 2.10. The average molecular weight is 294 g/mol. The lowest BCUT2D eigenvalue weighted by Crippen LogP contribution is -2.02. The van der Waals surface area contributed by atoms with Crippen LogP contribution in [0.4, 0.5) is 0 Å². The molecule has 0 aliphatic carbocycles. The van der Waals surface area contributed by atoms with E-state index in [1.165, 1.54) is 63.9 Å². The summed E-state index contributed by atoms with van der Waals surface area (Å²) in [7, 11) is 0. The molecule has 1 N–H and O–H groups in total. The van der Waals surface area contributed by atoms with Gasteiger partial charge in [0.1, 0.15) is 6.42 Å². The van der Waals surface area contributed by atoms with E-state index in [-0.39, 0.29) is 5.78 Å². The molecule has 0 aromatic carbocycles. The Hall–Kier alpha value is -1.38. The molecule has 120 valence electrons. The van der Waals surface area contributed by atoms with Gasteiger partial charge in [-0.1, -0.05) is 76.5 Å². The molecule has 0 aliphatic rings. The van der Waals surface area contributed by atoms with Crippen molar-refractivity contribution in [3.8, 4) is 0 Å². The fourth-order valence-corrected chi connectivity index (χ4v) is 2.12. The molecule has 0 bridgehead atoms. The van der Waals surface area contributed by atoms with Crippen LogP contribution < -0.4 is 0 Å². The first kappa shape index (κ1) is 19.6. The topological polar surface area (TPSA) is 54.4 Å². The van der Waals surface area contributed by atoms with Gasteiger partial charge < -0.3 is 5.11 Å². The van der Waals surface area contributed by atoms with Crippen LogP contribution in [0.5, 0.6) is 0 Å². The third kappa shape index (κ3) is 16.6. The van der Waals surface area contributed by atoms with Crippen molar-refractivity contribution in [3.63, 3.8) is 0 Å². The van der Waals surface area contributed by atoms with Crippen LogP contribution in [0, 0.1) is 0 Å². The second-order valence-corrected chi connectivity index (χ2v) is 5.44. The summed E-state index contributed by atoms with van der Waals surface area (Å²) in [6.07, 6.45) is 19.3. The molecule has 3 heteroatoms. The Labute approximate surface area is 129 Å². The number of carboxylic acids is 1. The Morgan fingerprint density at radius 1 is 0.857 bits per heavy atom. The highest BCUT2D eigenvalue weighted by molar-refractivity contribution is 6.01. The van der Waals surface area contributed by atoms with Crippen LogP contribution in [0.1, 0.15) is 77.6 Å². The molecular formula is C18H30O3. The zero-order valence-corrected chi connectivity index (χ0v) is 13.4. The van der Waals surface area contributed by atoms with Crippen molar-refractivity contribution in [1.82, 2.24) is 0 Å². The molecule has 0 aromatic heterocycles. The number of hydrogen-bond donors (Lipinski definition) is 1. The molecule has 0 aromatic rings. The molecule has 0 rings (SSSR count). The van der Waals surface area contributed by atoms with Crippen LogP contribution in [-0.4, -0.2) is 16.9 Å². The van der Waals surface area contributed by atoms with Gasteiger partial charge in [-0.05, 0) is 18.9 Å². The molecule has 0 fully saturated rings. The van der Waals surface area contributed by atoms with Gasteiger partial charge in [0.25, 0.3) is 0 Å². The normalized spacial score (nSPS) is 11.5. The molecule has 0 radical (unpaired) electrons. The molecular weight excluding hydrogens is 264 g/mol. The van der Waals surface area contributed by atoms with Gasteiger partial charge in [-0.25, -0.2) is 0 Å². The van der Waals surface area contributed by atoms with E-state index in [1.54, 1.807) is 6.08 Å². The van der Waals surface area contributed by atoms with E-state index >= 15 is 0 Å². The van der Waals surface area contributed by atoms with Crippen molar-refractivity contribution >= 4 is 11.8 Å². The van der Waals surface area contributed by atoms with Crippen LogP contribution in [0.15, 0.2) is 24.3 Å². The van der Waals surface area contributed by atoms with Crippen molar-refractivity contribution in [2.45, 2.75) is 77.6 Å². The van der Waals surface area contributed by atoms with Crippen LogP contribution >= 0.6 is 0 Å². The van der Waals surface area contributed by atoms with Gasteiger partial charge in [-0.2, -0.15) is 0 Å². The Kier molecular flexibility index (Phi) is 14.0. The van der Waals surface area contributed by atoms with Crippen LogP contribution in [0.3, 0.4) is 0 Å². The first-order valence-corrected chi connectivity index (χ1v) is 8.24. The molecule has 3 nitrogen and oxygen atoms in total. The lowest BCUT2D eigenvalue weighted by atomic mass is 10.1. The van der Waals surface area contributed by atoms with Gasteiger partial charge in [0.2, 0.25) is 0 Å². The number of rotatable bonds is 14. The van der Waals surface area contributed by atoms with E-state index in [0.717, 1.165) is 6.42 Å². The SMILES string of the molecule is CCCCCCCCCCCC=CC=CC(=O)CC(=O)O. The maximum atomic E-state index is 11.1. The van der Waals surface area contributed by atoms with Crippen molar-refractivity contribution in [2.75, 3.05) is 0 Å². The minimum atomic E-state index is -1.08. The first-order valence-electron chi connectivity index (χ1n) is 8.24. The quantitative estimate of drug-likeness (QED) is 0.211. The number of allylic oxidation sites excluding steroid dienone is 4. The Morgan fingerprint density at radius 2 is 1.43 bits per heavy atom. The lowest BCUT2D eigenvalue weighted by Gasteiger charge is -2.00. The number of carbonyl (C=O) groups is 2. The smallest absolute Gasteiger partial charge is 0.311 e. The molecule has 0 spiro atoms. The monoisotopic (exact) mass is 294 g/mol. The molecule has 0 aliphatic heterocycles. The van der Waals surface area contributed by atoms with Crippen LogP contribution in [0.25, 0.3) is 0 Å². The molecule has 0 heterocycles. The standard InChI is InChI=1S/C18H30O3/c1-2-3-4-5-6-7-8-9-10-11-12-13-14-15-17(19)16-18(20)21/h12-15H,2-11,16H2,1H3,(H,20,21). The van der Waals surface area contributed by atoms with Crippen molar-refractivity contribution in [3.05, 3.63) is 24.3 Å². The Bertz CT molecular complexity index is 329. The second kappa shape index (κ2) is 15.0. The summed E-state index contributed by atoms with van der Waals surface area (Å²) in [4.78, 5) is 21.3. The van der Waals surface area contributed by atoms with Gasteiger partial charge in [0, 0.05) is 0 Å². The van der Waals surface area contributed by atoms with E-state index in [2.05, 4.69) is 6.92 Å². The molecule has 0 unspecified atom stereocenters. The molecule has 0 saturated carbocycles. The van der Waals surface area contributed by atoms with Crippen molar-refractivity contribution in [2.24, 2.45) is 0 Å². The maximum Gasteiger partial charge on any atom is 0.311 e. The number of unbranched alkanes of at least 4 members (excludes halogenated alkanes) is 9. The van der Waals surface area contributed by atoms with Crippen LogP contribution in [0.2, 0.25) is 0 Å². The highest BCUT2D eigenvalue weighted by Gasteiger charge is 2.01. The summed E-state index contributed by atoms with van der Waals surface area (Å²) < 4.78 is 0. The lowest BCUT2D eigenvalue weighted by molar-refractivity contribution is -0.139. The summed E-state index contributed by atoms with van der Waals surface area (Å²) in [5.41, 5.74) is 0. The largest absolute Gasteiger partial charge is 0.481 e. The molecule has 0 amide bonds. The Balaban J connectivity index is 3.34. The molecule has 0 saturated heterocycles. The number of carbonyl (C=O) groups excluding carboxylic acids is 1. The van der Waals surface area contributed by atoms with Crippen molar-refractivity contribution in [1.29, 1.82) is 0 Å². The maximum absolute atomic E-state index is 11.1. The average Bonchev–Trinajstić information content (AvgIpc) is 2.43. The summed E-state index contributed by atoms with van der Waals surface area (Å²) in [5, 5.41) is 8.41. The van der Waals surface area contributed by atoms with E-state index in [0.29, 0.717) is 0 Å². The van der Waals surface area contributed by atoms with E-state index in [4.69, 9.17) is 5.11 Å². The molecule has 0 atom stereocenters. The van der Waals surface area contributed by atoms with Gasteiger partial charge in [-0.3, -0.25) is 9.59 Å². The zero-order chi connectivity index (χ0) is 15.8. The number of ketones is 1. The fourth-order valence-electron chi connectivity index (χ4n) is 2.12. The number of aliphatic carboxylic acids is 1. The van der Waals surface area contributed by atoms with Gasteiger partial charge in [-0.15, -0.1) is 0 Å².